The van der Waals surface area contributed by atoms with Gasteiger partial charge in [0.05, 0.1) is 15.2 Å². The Morgan fingerprint density at radius 1 is 1.13 bits per heavy atom. The summed E-state index contributed by atoms with van der Waals surface area (Å²) in [6.07, 6.45) is 1.22. The number of fused-ring (bicyclic) bond motifs is 1. The highest BCUT2D eigenvalue weighted by Crippen LogP contribution is 2.26. The number of thiazole rings is 1. The maximum atomic E-state index is 13.0. The zero-order valence-electron chi connectivity index (χ0n) is 16.7. The number of nitrogens with one attached hydrogen (secondary N) is 2. The Labute approximate surface area is 184 Å². The van der Waals surface area contributed by atoms with Gasteiger partial charge in [-0.1, -0.05) is 48.9 Å². The van der Waals surface area contributed by atoms with E-state index in [1.54, 1.807) is 13.0 Å². The topological polar surface area (TPSA) is 97.1 Å². The number of nitrogens with two attached hydrogens (primary N) is 1. The molecular formula is C22H25ClN4O2S. The van der Waals surface area contributed by atoms with Gasteiger partial charge >= 0.3 is 0 Å². The van der Waals surface area contributed by atoms with E-state index >= 15 is 0 Å². The standard InChI is InChI=1S/C22H25ClN4O2S/c1-2-20(28)26-18(12-21-27-17-9-8-15(23)11-19(17)30-21)22(29)25-16(13-24)10-14-6-4-3-5-7-14/h3-9,11,16,18H,2,10,12-13,24H2,1H3,(H,25,29)(H,26,28)/t16-,18-/m0/s1. The van der Waals surface area contributed by atoms with Gasteiger partial charge in [0.25, 0.3) is 0 Å². The molecule has 2 aromatic carbocycles. The van der Waals surface area contributed by atoms with Crippen LogP contribution in [-0.4, -0.2) is 35.4 Å². The second-order valence-electron chi connectivity index (χ2n) is 7.03. The summed E-state index contributed by atoms with van der Waals surface area (Å²) in [5.74, 6) is -0.452. The van der Waals surface area contributed by atoms with Crippen molar-refractivity contribution in [2.24, 2.45) is 5.73 Å². The fourth-order valence-electron chi connectivity index (χ4n) is 3.11. The monoisotopic (exact) mass is 444 g/mol. The van der Waals surface area contributed by atoms with E-state index < -0.39 is 6.04 Å². The van der Waals surface area contributed by atoms with Crippen molar-refractivity contribution >= 4 is 45.0 Å². The van der Waals surface area contributed by atoms with Gasteiger partial charge < -0.3 is 16.4 Å². The van der Waals surface area contributed by atoms with E-state index in [9.17, 15) is 9.59 Å². The number of rotatable bonds is 9. The lowest BCUT2D eigenvalue weighted by Gasteiger charge is -2.22. The van der Waals surface area contributed by atoms with Crippen LogP contribution in [0.3, 0.4) is 0 Å². The van der Waals surface area contributed by atoms with Gasteiger partial charge in [0.2, 0.25) is 11.8 Å². The molecule has 0 saturated carbocycles. The quantitative estimate of drug-likeness (QED) is 0.472. The summed E-state index contributed by atoms with van der Waals surface area (Å²) in [5, 5.41) is 7.20. The Kier molecular flexibility index (Phi) is 7.79. The minimum atomic E-state index is -0.724. The van der Waals surface area contributed by atoms with Crippen LogP contribution in [0.5, 0.6) is 0 Å². The molecule has 4 N–H and O–H groups in total. The van der Waals surface area contributed by atoms with Gasteiger partial charge in [0.1, 0.15) is 6.04 Å². The normalized spacial score (nSPS) is 13.0. The molecular weight excluding hydrogens is 420 g/mol. The average molecular weight is 445 g/mol. The first-order valence-corrected chi connectivity index (χ1v) is 11.1. The molecule has 0 saturated heterocycles. The molecule has 2 amide bonds. The van der Waals surface area contributed by atoms with E-state index in [0.29, 0.717) is 30.8 Å². The maximum Gasteiger partial charge on any atom is 0.243 e. The highest BCUT2D eigenvalue weighted by molar-refractivity contribution is 7.18. The summed E-state index contributed by atoms with van der Waals surface area (Å²) < 4.78 is 0.947. The predicted molar refractivity (Wildman–Crippen MR) is 122 cm³/mol. The summed E-state index contributed by atoms with van der Waals surface area (Å²) in [4.78, 5) is 29.6. The van der Waals surface area contributed by atoms with Gasteiger partial charge in [-0.25, -0.2) is 4.98 Å². The van der Waals surface area contributed by atoms with E-state index in [1.807, 2.05) is 42.5 Å². The molecule has 0 aliphatic carbocycles. The van der Waals surface area contributed by atoms with Crippen LogP contribution in [-0.2, 0) is 22.4 Å². The van der Waals surface area contributed by atoms with Crippen molar-refractivity contribution in [3.63, 3.8) is 0 Å². The first kappa shape index (κ1) is 22.2. The largest absolute Gasteiger partial charge is 0.350 e. The first-order valence-electron chi connectivity index (χ1n) is 9.87. The van der Waals surface area contributed by atoms with Crippen LogP contribution in [0, 0.1) is 0 Å². The molecule has 0 fully saturated rings. The van der Waals surface area contributed by atoms with Gasteiger partial charge in [-0.05, 0) is 30.2 Å². The van der Waals surface area contributed by atoms with Crippen molar-refractivity contribution in [1.82, 2.24) is 15.6 Å². The highest BCUT2D eigenvalue weighted by Gasteiger charge is 2.24. The van der Waals surface area contributed by atoms with Crippen molar-refractivity contribution in [2.75, 3.05) is 6.54 Å². The molecule has 6 nitrogen and oxygen atoms in total. The molecule has 3 aromatic rings. The zero-order valence-corrected chi connectivity index (χ0v) is 18.3. The SMILES string of the molecule is CCC(=O)N[C@@H](Cc1nc2ccc(Cl)cc2s1)C(=O)N[C@H](CN)Cc1ccccc1. The van der Waals surface area contributed by atoms with Crippen LogP contribution in [0.2, 0.25) is 5.02 Å². The van der Waals surface area contributed by atoms with Crippen LogP contribution in [0.1, 0.15) is 23.9 Å². The van der Waals surface area contributed by atoms with Crippen molar-refractivity contribution in [3.05, 3.63) is 64.1 Å². The lowest BCUT2D eigenvalue weighted by molar-refractivity contribution is -0.129. The number of benzene rings is 2. The third kappa shape index (κ3) is 6.01. The Morgan fingerprint density at radius 2 is 1.90 bits per heavy atom. The molecule has 158 valence electrons. The van der Waals surface area contributed by atoms with Crippen molar-refractivity contribution in [1.29, 1.82) is 0 Å². The molecule has 0 unspecified atom stereocenters. The predicted octanol–water partition coefficient (Wildman–Crippen LogP) is 3.07. The summed E-state index contributed by atoms with van der Waals surface area (Å²) in [6.45, 7) is 2.05. The van der Waals surface area contributed by atoms with Crippen LogP contribution < -0.4 is 16.4 Å². The maximum absolute atomic E-state index is 13.0. The second-order valence-corrected chi connectivity index (χ2v) is 8.58. The van der Waals surface area contributed by atoms with E-state index in [2.05, 4.69) is 15.6 Å². The average Bonchev–Trinajstić information content (AvgIpc) is 3.14. The minimum Gasteiger partial charge on any atom is -0.350 e. The molecule has 30 heavy (non-hydrogen) atoms. The van der Waals surface area contributed by atoms with Crippen LogP contribution in [0.15, 0.2) is 48.5 Å². The number of aromatic nitrogens is 1. The number of hydrogen-bond donors (Lipinski definition) is 3. The number of hydrogen-bond acceptors (Lipinski definition) is 5. The lowest BCUT2D eigenvalue weighted by Crippen LogP contribution is -2.52. The Balaban J connectivity index is 1.73. The Morgan fingerprint density at radius 3 is 2.60 bits per heavy atom. The summed E-state index contributed by atoms with van der Waals surface area (Å²) in [7, 11) is 0. The first-order chi connectivity index (χ1) is 14.5. The Hall–Kier alpha value is -2.48. The molecule has 0 spiro atoms. The smallest absolute Gasteiger partial charge is 0.243 e. The summed E-state index contributed by atoms with van der Waals surface area (Å²) in [6, 6.07) is 14.4. The molecule has 3 rings (SSSR count). The van der Waals surface area contributed by atoms with Gasteiger partial charge in [-0.2, -0.15) is 0 Å². The molecule has 0 aliphatic rings. The van der Waals surface area contributed by atoms with Crippen LogP contribution in [0.4, 0.5) is 0 Å². The van der Waals surface area contributed by atoms with E-state index in [1.165, 1.54) is 11.3 Å². The van der Waals surface area contributed by atoms with Crippen LogP contribution in [0.25, 0.3) is 10.2 Å². The van der Waals surface area contributed by atoms with Gasteiger partial charge in [-0.3, -0.25) is 9.59 Å². The van der Waals surface area contributed by atoms with Gasteiger partial charge in [0, 0.05) is 30.5 Å². The van der Waals surface area contributed by atoms with Crippen molar-refractivity contribution in [3.8, 4) is 0 Å². The van der Waals surface area contributed by atoms with Gasteiger partial charge in [-0.15, -0.1) is 11.3 Å². The number of carbonyl (C=O) groups is 2. The highest BCUT2D eigenvalue weighted by atomic mass is 35.5. The van der Waals surface area contributed by atoms with Crippen molar-refractivity contribution < 1.29 is 9.59 Å². The zero-order chi connectivity index (χ0) is 21.5. The van der Waals surface area contributed by atoms with E-state index in [4.69, 9.17) is 17.3 Å². The molecule has 2 atom stereocenters. The molecule has 1 heterocycles. The van der Waals surface area contributed by atoms with Crippen molar-refractivity contribution in [2.45, 2.75) is 38.3 Å². The fraction of sp³-hybridized carbons (Fsp3) is 0.318. The minimum absolute atomic E-state index is 0.188. The third-order valence-corrected chi connectivity index (χ3v) is 5.98. The van der Waals surface area contributed by atoms with E-state index in [0.717, 1.165) is 20.8 Å². The van der Waals surface area contributed by atoms with Crippen LogP contribution >= 0.6 is 22.9 Å². The van der Waals surface area contributed by atoms with E-state index in [-0.39, 0.29) is 17.9 Å². The number of halogens is 1. The lowest BCUT2D eigenvalue weighted by atomic mass is 10.1. The number of nitrogens with zero attached hydrogens (tertiary/aromatic N) is 1. The van der Waals surface area contributed by atoms with Gasteiger partial charge in [0.15, 0.2) is 0 Å². The molecule has 0 radical (unpaired) electrons. The number of carbonyl (C=O) groups excluding carboxylic acids is 2. The summed E-state index contributed by atoms with van der Waals surface area (Å²) >= 11 is 7.53. The fourth-order valence-corrected chi connectivity index (χ4v) is 4.40. The summed E-state index contributed by atoms with van der Waals surface area (Å²) in [5.41, 5.74) is 7.80. The third-order valence-electron chi connectivity index (χ3n) is 4.70. The molecule has 8 heteroatoms. The molecule has 1 aromatic heterocycles. The second kappa shape index (κ2) is 10.5. The number of amides is 2. The Bertz CT molecular complexity index is 1010. The molecule has 0 bridgehead atoms. The molecule has 0 aliphatic heterocycles.